The van der Waals surface area contributed by atoms with Crippen LogP contribution in [-0.2, 0) is 19.1 Å². The third kappa shape index (κ3) is 4.05. The fourth-order valence-corrected chi connectivity index (χ4v) is 3.89. The Hall–Kier alpha value is -2.21. The molecule has 6 nitrogen and oxygen atoms in total. The van der Waals surface area contributed by atoms with Crippen LogP contribution in [0.5, 0.6) is 0 Å². The molecule has 0 unspecified atom stereocenters. The van der Waals surface area contributed by atoms with E-state index in [0.29, 0.717) is 44.1 Å². The Morgan fingerprint density at radius 2 is 1.78 bits per heavy atom. The van der Waals surface area contributed by atoms with Crippen molar-refractivity contribution in [2.24, 2.45) is 5.92 Å². The summed E-state index contributed by atoms with van der Waals surface area (Å²) in [5.74, 6) is -0.176. The van der Waals surface area contributed by atoms with Gasteiger partial charge in [-0.25, -0.2) is 4.90 Å². The lowest BCUT2D eigenvalue weighted by Gasteiger charge is -2.33. The van der Waals surface area contributed by atoms with Gasteiger partial charge in [0.15, 0.2) is 0 Å². The minimum atomic E-state index is -0.426. The number of likely N-dealkylation sites (tertiary alicyclic amines) is 1. The normalized spacial score (nSPS) is 21.9. The topological polar surface area (TPSA) is 66.9 Å². The minimum absolute atomic E-state index is 0.104. The summed E-state index contributed by atoms with van der Waals surface area (Å²) in [5, 5.41) is 0. The van der Waals surface area contributed by atoms with Crippen LogP contribution in [0, 0.1) is 5.92 Å². The van der Waals surface area contributed by atoms with Gasteiger partial charge in [-0.1, -0.05) is 26.0 Å². The summed E-state index contributed by atoms with van der Waals surface area (Å²) in [5.41, 5.74) is 1.81. The number of amides is 2. The van der Waals surface area contributed by atoms with Crippen LogP contribution in [0.3, 0.4) is 0 Å². The Bertz CT molecular complexity index is 705. The van der Waals surface area contributed by atoms with Gasteiger partial charge in [-0.2, -0.15) is 0 Å². The fraction of sp³-hybridized carbons (Fsp3) is 0.571. The van der Waals surface area contributed by atoms with Crippen LogP contribution >= 0.6 is 0 Å². The predicted molar refractivity (Wildman–Crippen MR) is 102 cm³/mol. The largest absolute Gasteiger partial charge is 0.466 e. The average molecular weight is 372 g/mol. The Kier molecular flexibility index (Phi) is 5.95. The zero-order valence-corrected chi connectivity index (χ0v) is 16.3. The number of hydrogen-bond acceptors (Lipinski definition) is 5. The van der Waals surface area contributed by atoms with Gasteiger partial charge in [0.25, 0.3) is 5.91 Å². The lowest BCUT2D eigenvalue weighted by molar-refractivity contribution is -0.149. The fourth-order valence-electron chi connectivity index (χ4n) is 3.89. The van der Waals surface area contributed by atoms with E-state index in [4.69, 9.17) is 4.74 Å². The van der Waals surface area contributed by atoms with Crippen molar-refractivity contribution in [2.75, 3.05) is 24.6 Å². The Balaban J connectivity index is 1.65. The van der Waals surface area contributed by atoms with Gasteiger partial charge in [0, 0.05) is 0 Å². The van der Waals surface area contributed by atoms with Crippen molar-refractivity contribution < 1.29 is 19.1 Å². The van der Waals surface area contributed by atoms with Crippen molar-refractivity contribution in [1.29, 1.82) is 0 Å². The summed E-state index contributed by atoms with van der Waals surface area (Å²) in [4.78, 5) is 40.7. The number of hydrogen-bond donors (Lipinski definition) is 0. The Morgan fingerprint density at radius 3 is 2.33 bits per heavy atom. The molecule has 27 heavy (non-hydrogen) atoms. The van der Waals surface area contributed by atoms with Gasteiger partial charge in [0.05, 0.1) is 30.7 Å². The molecule has 0 bridgehead atoms. The summed E-state index contributed by atoms with van der Waals surface area (Å²) in [6.45, 7) is 7.67. The molecule has 0 aliphatic carbocycles. The second kappa shape index (κ2) is 8.21. The molecular weight excluding hydrogens is 344 g/mol. The van der Waals surface area contributed by atoms with E-state index in [0.717, 1.165) is 0 Å². The van der Waals surface area contributed by atoms with E-state index < -0.39 is 6.04 Å². The van der Waals surface area contributed by atoms with Gasteiger partial charge < -0.3 is 4.74 Å². The number of nitrogens with zero attached hydrogens (tertiary/aromatic N) is 2. The van der Waals surface area contributed by atoms with Crippen molar-refractivity contribution in [3.05, 3.63) is 29.8 Å². The van der Waals surface area contributed by atoms with E-state index >= 15 is 0 Å². The Labute approximate surface area is 160 Å². The maximum absolute atomic E-state index is 12.9. The van der Waals surface area contributed by atoms with Crippen molar-refractivity contribution in [3.8, 4) is 0 Å². The molecule has 0 N–H and O–H groups in total. The van der Waals surface area contributed by atoms with E-state index in [-0.39, 0.29) is 30.1 Å². The molecule has 1 aromatic rings. The zero-order valence-electron chi connectivity index (χ0n) is 16.3. The molecular formula is C21H28N2O4. The van der Waals surface area contributed by atoms with Gasteiger partial charge in [0.1, 0.15) is 0 Å². The SMILES string of the molecule is CCOC(=O)C1CCN([C@@H]2CC(=O)N(c3ccc(C(C)C)cc3)C2=O)CC1. The second-order valence-corrected chi connectivity index (χ2v) is 7.60. The molecule has 1 atom stereocenters. The number of anilines is 1. The maximum atomic E-state index is 12.9. The average Bonchev–Trinajstić information content (AvgIpc) is 2.96. The summed E-state index contributed by atoms with van der Waals surface area (Å²) < 4.78 is 5.09. The first kappa shape index (κ1) is 19.5. The zero-order chi connectivity index (χ0) is 19.6. The number of rotatable bonds is 5. The van der Waals surface area contributed by atoms with Crippen molar-refractivity contribution >= 4 is 23.5 Å². The van der Waals surface area contributed by atoms with Gasteiger partial charge in [-0.15, -0.1) is 0 Å². The number of carbonyl (C=O) groups excluding carboxylic acids is 3. The molecule has 3 rings (SSSR count). The van der Waals surface area contributed by atoms with Crippen molar-refractivity contribution in [3.63, 3.8) is 0 Å². The molecule has 2 aliphatic rings. The molecule has 2 fully saturated rings. The summed E-state index contributed by atoms with van der Waals surface area (Å²) in [7, 11) is 0. The highest BCUT2D eigenvalue weighted by molar-refractivity contribution is 6.22. The molecule has 0 saturated carbocycles. The molecule has 2 amide bonds. The highest BCUT2D eigenvalue weighted by Crippen LogP contribution is 2.29. The molecule has 1 aromatic carbocycles. The second-order valence-electron chi connectivity index (χ2n) is 7.60. The van der Waals surface area contributed by atoms with Crippen LogP contribution in [-0.4, -0.2) is 48.4 Å². The van der Waals surface area contributed by atoms with Crippen LogP contribution in [0.1, 0.15) is 51.5 Å². The monoisotopic (exact) mass is 372 g/mol. The molecule has 146 valence electrons. The summed E-state index contributed by atoms with van der Waals surface area (Å²) in [6, 6.07) is 7.21. The number of imide groups is 1. The summed E-state index contributed by atoms with van der Waals surface area (Å²) in [6.07, 6.45) is 1.54. The summed E-state index contributed by atoms with van der Waals surface area (Å²) >= 11 is 0. The van der Waals surface area contributed by atoms with Crippen LogP contribution in [0.15, 0.2) is 24.3 Å². The lowest BCUT2D eigenvalue weighted by Crippen LogP contribution is -2.47. The van der Waals surface area contributed by atoms with Crippen LogP contribution < -0.4 is 4.90 Å². The van der Waals surface area contributed by atoms with E-state index in [1.165, 1.54) is 10.5 Å². The van der Waals surface area contributed by atoms with Crippen molar-refractivity contribution in [2.45, 2.75) is 52.0 Å². The van der Waals surface area contributed by atoms with Gasteiger partial charge >= 0.3 is 5.97 Å². The highest BCUT2D eigenvalue weighted by Gasteiger charge is 2.44. The first-order chi connectivity index (χ1) is 12.9. The first-order valence-corrected chi connectivity index (χ1v) is 9.79. The number of ether oxygens (including phenoxy) is 1. The minimum Gasteiger partial charge on any atom is -0.466 e. The van der Waals surface area contributed by atoms with Crippen LogP contribution in [0.25, 0.3) is 0 Å². The smallest absolute Gasteiger partial charge is 0.309 e. The Morgan fingerprint density at radius 1 is 1.15 bits per heavy atom. The van der Waals surface area contributed by atoms with E-state index in [9.17, 15) is 14.4 Å². The van der Waals surface area contributed by atoms with E-state index in [1.54, 1.807) is 6.92 Å². The first-order valence-electron chi connectivity index (χ1n) is 9.79. The molecule has 2 heterocycles. The maximum Gasteiger partial charge on any atom is 0.309 e. The molecule has 6 heteroatoms. The number of esters is 1. The molecule has 0 spiro atoms. The molecule has 2 aliphatic heterocycles. The highest BCUT2D eigenvalue weighted by atomic mass is 16.5. The van der Waals surface area contributed by atoms with Gasteiger partial charge in [-0.3, -0.25) is 19.3 Å². The van der Waals surface area contributed by atoms with Crippen LogP contribution in [0.4, 0.5) is 5.69 Å². The lowest BCUT2D eigenvalue weighted by atomic mass is 9.95. The van der Waals surface area contributed by atoms with E-state index in [2.05, 4.69) is 13.8 Å². The number of piperidine rings is 1. The third-order valence-corrected chi connectivity index (χ3v) is 5.53. The standard InChI is InChI=1S/C21H28N2O4/c1-4-27-21(26)16-9-11-22(12-10-16)18-13-19(24)23(20(18)25)17-7-5-15(6-8-17)14(2)3/h5-8,14,16,18H,4,9-13H2,1-3H3/t18-/m1/s1. The quantitative estimate of drug-likeness (QED) is 0.587. The van der Waals surface area contributed by atoms with Gasteiger partial charge in [-0.05, 0) is 56.5 Å². The number of benzene rings is 1. The molecule has 2 saturated heterocycles. The molecule has 0 aromatic heterocycles. The van der Waals surface area contributed by atoms with Crippen LogP contribution in [0.2, 0.25) is 0 Å². The third-order valence-electron chi connectivity index (χ3n) is 5.53. The van der Waals surface area contributed by atoms with E-state index in [1.807, 2.05) is 29.2 Å². The number of carbonyl (C=O) groups is 3. The van der Waals surface area contributed by atoms with Crippen molar-refractivity contribution in [1.82, 2.24) is 4.90 Å². The molecule has 0 radical (unpaired) electrons. The predicted octanol–water partition coefficient (Wildman–Crippen LogP) is 2.72. The van der Waals surface area contributed by atoms with Gasteiger partial charge in [0.2, 0.25) is 5.91 Å².